The number of halogens is 2. The van der Waals surface area contributed by atoms with E-state index in [4.69, 9.17) is 37.5 Å². The smallest absolute Gasteiger partial charge is 0.340 e. The second kappa shape index (κ2) is 10.5. The molecule has 3 N–H and O–H groups in total. The molecule has 1 heterocycles. The standard InChI is InChI=1S/C17H18Cl2N2O7S/c18-10-28-16(22)4-2-6-27-17(23)12-7-15(29(20,24)25)13(19)8-14(12)21-9-11-3-1-5-26-11/h1,3,5,7-8,21H,2,4,6,9-10H2,(H2,20,24,25). The van der Waals surface area contributed by atoms with Crippen LogP contribution in [0, 0.1) is 0 Å². The summed E-state index contributed by atoms with van der Waals surface area (Å²) in [6.45, 7) is 0.115. The largest absolute Gasteiger partial charge is 0.467 e. The van der Waals surface area contributed by atoms with Crippen LogP contribution >= 0.6 is 23.2 Å². The zero-order valence-corrected chi connectivity index (χ0v) is 17.3. The van der Waals surface area contributed by atoms with E-state index >= 15 is 0 Å². The molecule has 158 valence electrons. The fourth-order valence-electron chi connectivity index (χ4n) is 2.27. The molecule has 0 radical (unpaired) electrons. The summed E-state index contributed by atoms with van der Waals surface area (Å²) in [6, 6.07) is 5.44. The van der Waals surface area contributed by atoms with Crippen molar-refractivity contribution < 1.29 is 31.9 Å². The Balaban J connectivity index is 2.16. The van der Waals surface area contributed by atoms with Gasteiger partial charge in [-0.15, -0.1) is 0 Å². The van der Waals surface area contributed by atoms with Gasteiger partial charge in [0, 0.05) is 6.42 Å². The Labute approximate surface area is 177 Å². The van der Waals surface area contributed by atoms with Crippen LogP contribution in [0.1, 0.15) is 29.0 Å². The molecule has 0 aliphatic carbocycles. The minimum absolute atomic E-state index is 0.00660. The number of ether oxygens (including phenoxy) is 2. The minimum Gasteiger partial charge on any atom is -0.467 e. The zero-order chi connectivity index (χ0) is 21.4. The fourth-order valence-corrected chi connectivity index (χ4v) is 3.50. The number of nitrogens with two attached hydrogens (primary N) is 1. The lowest BCUT2D eigenvalue weighted by atomic mass is 10.1. The van der Waals surface area contributed by atoms with E-state index in [1.165, 1.54) is 12.3 Å². The first kappa shape index (κ1) is 23.0. The van der Waals surface area contributed by atoms with Gasteiger partial charge in [0.25, 0.3) is 0 Å². The zero-order valence-electron chi connectivity index (χ0n) is 15.0. The highest BCUT2D eigenvalue weighted by Crippen LogP contribution is 2.29. The second-order valence-corrected chi connectivity index (χ2v) is 7.83. The molecule has 0 aliphatic rings. The van der Waals surface area contributed by atoms with Crippen LogP contribution in [0.15, 0.2) is 39.8 Å². The third kappa shape index (κ3) is 6.93. The number of esters is 2. The second-order valence-electron chi connectivity index (χ2n) is 5.67. The number of rotatable bonds is 10. The number of sulfonamides is 1. The molecule has 0 aliphatic heterocycles. The fraction of sp³-hybridized carbons (Fsp3) is 0.294. The number of carbonyl (C=O) groups is 2. The maximum atomic E-state index is 12.5. The van der Waals surface area contributed by atoms with E-state index in [2.05, 4.69) is 10.1 Å². The van der Waals surface area contributed by atoms with Crippen LogP contribution in [0.2, 0.25) is 5.02 Å². The van der Waals surface area contributed by atoms with Crippen molar-refractivity contribution in [1.82, 2.24) is 0 Å². The average molecular weight is 465 g/mol. The third-order valence-electron chi connectivity index (χ3n) is 3.61. The van der Waals surface area contributed by atoms with Crippen molar-refractivity contribution in [2.45, 2.75) is 24.3 Å². The normalized spacial score (nSPS) is 11.1. The molecule has 1 aromatic heterocycles. The van der Waals surface area contributed by atoms with Gasteiger partial charge in [0.15, 0.2) is 6.07 Å². The van der Waals surface area contributed by atoms with E-state index in [0.29, 0.717) is 5.76 Å². The highest BCUT2D eigenvalue weighted by atomic mass is 35.5. The molecule has 9 nitrogen and oxygen atoms in total. The Morgan fingerprint density at radius 3 is 2.62 bits per heavy atom. The van der Waals surface area contributed by atoms with Gasteiger partial charge in [0.05, 0.1) is 35.7 Å². The monoisotopic (exact) mass is 464 g/mol. The molecule has 0 atom stereocenters. The predicted octanol–water partition coefficient (Wildman–Crippen LogP) is 2.87. The van der Waals surface area contributed by atoms with Crippen LogP contribution in [-0.4, -0.2) is 33.0 Å². The molecule has 12 heteroatoms. The van der Waals surface area contributed by atoms with Crippen molar-refractivity contribution in [1.29, 1.82) is 0 Å². The van der Waals surface area contributed by atoms with Gasteiger partial charge in [-0.1, -0.05) is 23.2 Å². The predicted molar refractivity (Wildman–Crippen MR) is 105 cm³/mol. The van der Waals surface area contributed by atoms with E-state index in [0.717, 1.165) is 6.07 Å². The minimum atomic E-state index is -4.17. The van der Waals surface area contributed by atoms with Crippen LogP contribution < -0.4 is 10.5 Å². The number of alkyl halides is 1. The van der Waals surface area contributed by atoms with Gasteiger partial charge in [0.1, 0.15) is 10.7 Å². The summed E-state index contributed by atoms with van der Waals surface area (Å²) in [7, 11) is -4.17. The first-order valence-corrected chi connectivity index (χ1v) is 10.7. The molecule has 0 bridgehead atoms. The maximum absolute atomic E-state index is 12.5. The summed E-state index contributed by atoms with van der Waals surface area (Å²) in [5.74, 6) is -0.771. The number of carbonyl (C=O) groups excluding carboxylic acids is 2. The first-order valence-electron chi connectivity index (χ1n) is 8.23. The highest BCUT2D eigenvalue weighted by molar-refractivity contribution is 7.89. The average Bonchev–Trinajstić information content (AvgIpc) is 3.16. The summed E-state index contributed by atoms with van der Waals surface area (Å²) >= 11 is 11.3. The van der Waals surface area contributed by atoms with Crippen molar-refractivity contribution in [3.05, 3.63) is 46.9 Å². The SMILES string of the molecule is NS(=O)(=O)c1cc(C(=O)OCCCC(=O)OCCl)c(NCc2ccco2)cc1Cl. The van der Waals surface area contributed by atoms with Gasteiger partial charge < -0.3 is 19.2 Å². The van der Waals surface area contributed by atoms with Crippen LogP contribution in [0.3, 0.4) is 0 Å². The van der Waals surface area contributed by atoms with Gasteiger partial charge in [-0.25, -0.2) is 18.4 Å². The first-order chi connectivity index (χ1) is 13.7. The van der Waals surface area contributed by atoms with Gasteiger partial charge in [-0.3, -0.25) is 4.79 Å². The summed E-state index contributed by atoms with van der Waals surface area (Å²) in [5.41, 5.74) is 0.138. The lowest BCUT2D eigenvalue weighted by Crippen LogP contribution is -2.16. The van der Waals surface area contributed by atoms with Crippen LogP contribution in [0.25, 0.3) is 0 Å². The quantitative estimate of drug-likeness (QED) is 0.310. The molecule has 0 spiro atoms. The Morgan fingerprint density at radius 1 is 1.24 bits per heavy atom. The Morgan fingerprint density at radius 2 is 2.00 bits per heavy atom. The van der Waals surface area contributed by atoms with E-state index < -0.39 is 26.9 Å². The van der Waals surface area contributed by atoms with Gasteiger partial charge in [0.2, 0.25) is 10.0 Å². The number of benzene rings is 1. The summed E-state index contributed by atoms with van der Waals surface area (Å²) in [6.07, 6.45) is 1.69. The number of nitrogens with one attached hydrogen (secondary N) is 1. The van der Waals surface area contributed by atoms with E-state index in [9.17, 15) is 18.0 Å². The Kier molecular flexibility index (Phi) is 8.32. The summed E-state index contributed by atoms with van der Waals surface area (Å²) < 4.78 is 38.3. The van der Waals surface area contributed by atoms with Crippen molar-refractivity contribution in [2.24, 2.45) is 5.14 Å². The molecule has 0 unspecified atom stereocenters. The molecule has 0 amide bonds. The van der Waals surface area contributed by atoms with E-state index in [-0.39, 0.29) is 48.3 Å². The molecule has 0 fully saturated rings. The van der Waals surface area contributed by atoms with Crippen LogP contribution in [0.5, 0.6) is 0 Å². The Hall–Kier alpha value is -2.27. The van der Waals surface area contributed by atoms with Crippen LogP contribution in [0.4, 0.5) is 5.69 Å². The molecule has 1 aromatic carbocycles. The molecular weight excluding hydrogens is 447 g/mol. The molecule has 0 saturated carbocycles. The van der Waals surface area contributed by atoms with Crippen LogP contribution in [-0.2, 0) is 30.8 Å². The molecule has 29 heavy (non-hydrogen) atoms. The summed E-state index contributed by atoms with van der Waals surface area (Å²) in [4.78, 5) is 23.3. The molecule has 2 rings (SSSR count). The van der Waals surface area contributed by atoms with Gasteiger partial charge in [-0.05, 0) is 30.7 Å². The third-order valence-corrected chi connectivity index (χ3v) is 5.09. The summed E-state index contributed by atoms with van der Waals surface area (Å²) in [5, 5.41) is 7.93. The highest BCUT2D eigenvalue weighted by Gasteiger charge is 2.22. The topological polar surface area (TPSA) is 138 Å². The van der Waals surface area contributed by atoms with Gasteiger partial charge in [-0.2, -0.15) is 0 Å². The number of hydrogen-bond donors (Lipinski definition) is 2. The maximum Gasteiger partial charge on any atom is 0.340 e. The molecule has 0 saturated heterocycles. The van der Waals surface area contributed by atoms with Crippen molar-refractivity contribution in [3.63, 3.8) is 0 Å². The number of furan rings is 1. The number of anilines is 1. The lowest BCUT2D eigenvalue weighted by molar-refractivity contribution is -0.141. The van der Waals surface area contributed by atoms with Crippen molar-refractivity contribution >= 4 is 50.9 Å². The Bertz CT molecular complexity index is 962. The lowest BCUT2D eigenvalue weighted by Gasteiger charge is -2.14. The van der Waals surface area contributed by atoms with Crippen molar-refractivity contribution in [3.8, 4) is 0 Å². The molecule has 2 aromatic rings. The van der Waals surface area contributed by atoms with Gasteiger partial charge >= 0.3 is 11.9 Å². The van der Waals surface area contributed by atoms with Crippen molar-refractivity contribution in [2.75, 3.05) is 18.0 Å². The number of hydrogen-bond acceptors (Lipinski definition) is 8. The molecular formula is C17H18Cl2N2O7S. The number of primary sulfonamides is 1. The van der Waals surface area contributed by atoms with E-state index in [1.54, 1.807) is 12.1 Å². The van der Waals surface area contributed by atoms with E-state index in [1.807, 2.05) is 0 Å².